The van der Waals surface area contributed by atoms with Gasteiger partial charge in [0.25, 0.3) is 0 Å². The van der Waals surface area contributed by atoms with E-state index in [2.05, 4.69) is 53.9 Å². The molecule has 126 valence electrons. The van der Waals surface area contributed by atoms with Crippen molar-refractivity contribution >= 4 is 55.5 Å². The molecule has 0 fully saturated rings. The van der Waals surface area contributed by atoms with Crippen molar-refractivity contribution < 1.29 is 9.53 Å². The van der Waals surface area contributed by atoms with Gasteiger partial charge in [-0.05, 0) is 72.6 Å². The zero-order valence-electron chi connectivity index (χ0n) is 13.6. The predicted octanol–water partition coefficient (Wildman–Crippen LogP) is 4.10. The number of carbonyl (C=O) groups excluding carboxylic acids is 1. The highest BCUT2D eigenvalue weighted by Gasteiger charge is 2.18. The van der Waals surface area contributed by atoms with Gasteiger partial charge in [-0.3, -0.25) is 9.67 Å². The molecule has 2 rings (SSSR count). The fraction of sp³-hybridized carbons (Fsp3) is 0.533. The maximum Gasteiger partial charge on any atom is 0.407 e. The lowest BCUT2D eigenvalue weighted by Crippen LogP contribution is -2.38. The Kier molecular flexibility index (Phi) is 5.88. The molecule has 2 aromatic rings. The van der Waals surface area contributed by atoms with E-state index in [1.54, 1.807) is 6.20 Å². The molecule has 23 heavy (non-hydrogen) atoms. The number of pyridine rings is 1. The highest BCUT2D eigenvalue weighted by Crippen LogP contribution is 2.26. The molecule has 0 bridgehead atoms. The van der Waals surface area contributed by atoms with Crippen molar-refractivity contribution in [1.29, 1.82) is 0 Å². The maximum atomic E-state index is 11.8. The third-order valence-corrected chi connectivity index (χ3v) is 4.47. The molecule has 8 heteroatoms. The molecule has 2 aromatic heterocycles. The van der Waals surface area contributed by atoms with E-state index < -0.39 is 11.7 Å². The quantitative estimate of drug-likeness (QED) is 0.649. The van der Waals surface area contributed by atoms with Crippen LogP contribution >= 0.6 is 38.5 Å². The van der Waals surface area contributed by atoms with E-state index >= 15 is 0 Å². The monoisotopic (exact) mass is 494 g/mol. The highest BCUT2D eigenvalue weighted by atomic mass is 127. The van der Waals surface area contributed by atoms with Crippen LogP contribution in [0.4, 0.5) is 4.79 Å². The molecule has 0 unspecified atom stereocenters. The fourth-order valence-corrected chi connectivity index (χ4v) is 3.32. The largest absolute Gasteiger partial charge is 0.444 e. The van der Waals surface area contributed by atoms with Gasteiger partial charge in [0.05, 0.1) is 14.5 Å². The number of aromatic nitrogens is 3. The summed E-state index contributed by atoms with van der Waals surface area (Å²) in [6.45, 7) is 8.19. The number of fused-ring (bicyclic) bond motifs is 1. The van der Waals surface area contributed by atoms with Crippen LogP contribution in [0.25, 0.3) is 10.9 Å². The summed E-state index contributed by atoms with van der Waals surface area (Å²) in [6.07, 6.45) is 3.97. The van der Waals surface area contributed by atoms with E-state index in [-0.39, 0.29) is 6.04 Å². The first-order valence-electron chi connectivity index (χ1n) is 7.32. The number of halogens is 2. The molecule has 0 aliphatic carbocycles. The highest BCUT2D eigenvalue weighted by molar-refractivity contribution is 14.1. The van der Waals surface area contributed by atoms with E-state index in [1.807, 2.05) is 38.6 Å². The molecule has 0 aliphatic rings. The Balaban J connectivity index is 2.00. The molecular weight excluding hydrogens is 475 g/mol. The minimum Gasteiger partial charge on any atom is -0.444 e. The average Bonchev–Trinajstić information content (AvgIpc) is 2.72. The number of nitrogens with zero attached hydrogens (tertiary/aromatic N) is 3. The molecular formula is C15H20BrIN4O2. The number of hydrogen-bond acceptors (Lipinski definition) is 4. The van der Waals surface area contributed by atoms with E-state index in [0.29, 0.717) is 6.54 Å². The Hall–Kier alpha value is -0.900. The Morgan fingerprint density at radius 1 is 1.48 bits per heavy atom. The van der Waals surface area contributed by atoms with Crippen molar-refractivity contribution in [3.05, 3.63) is 20.6 Å². The Morgan fingerprint density at radius 3 is 2.83 bits per heavy atom. The van der Waals surface area contributed by atoms with Crippen LogP contribution < -0.4 is 5.32 Å². The smallest absolute Gasteiger partial charge is 0.407 e. The van der Waals surface area contributed by atoms with Gasteiger partial charge in [0, 0.05) is 25.0 Å². The van der Waals surface area contributed by atoms with Gasteiger partial charge in [0.1, 0.15) is 10.2 Å². The lowest BCUT2D eigenvalue weighted by atomic mass is 10.2. The van der Waals surface area contributed by atoms with Crippen LogP contribution in [0, 0.1) is 3.57 Å². The number of hydrogen-bond donors (Lipinski definition) is 1. The topological polar surface area (TPSA) is 69.0 Å². The molecule has 0 aromatic carbocycles. The van der Waals surface area contributed by atoms with Gasteiger partial charge in [-0.25, -0.2) is 4.79 Å². The number of alkyl carbamates (subject to hydrolysis) is 1. The molecule has 0 saturated carbocycles. The average molecular weight is 495 g/mol. The van der Waals surface area contributed by atoms with Gasteiger partial charge in [-0.2, -0.15) is 5.10 Å². The first kappa shape index (κ1) is 18.4. The van der Waals surface area contributed by atoms with Crippen molar-refractivity contribution in [3.63, 3.8) is 0 Å². The lowest BCUT2D eigenvalue weighted by Gasteiger charge is -2.22. The summed E-state index contributed by atoms with van der Waals surface area (Å²) in [4.78, 5) is 16.0. The third-order valence-electron chi connectivity index (χ3n) is 3.10. The van der Waals surface area contributed by atoms with Crippen LogP contribution in [0.15, 0.2) is 17.0 Å². The second-order valence-electron chi connectivity index (χ2n) is 6.37. The number of aryl methyl sites for hydroxylation is 1. The number of ether oxygens (including phenoxy) is 1. The molecule has 1 N–H and O–H groups in total. The van der Waals surface area contributed by atoms with E-state index in [1.165, 1.54) is 0 Å². The van der Waals surface area contributed by atoms with Gasteiger partial charge >= 0.3 is 6.09 Å². The maximum absolute atomic E-state index is 11.8. The molecule has 1 atom stereocenters. The molecule has 2 heterocycles. The Labute approximate surface area is 157 Å². The standard InChI is InChI=1S/C15H20BrIN4O2/c1-9(19-14(22)23-15(2,3)4)5-6-21-12-10(13(16)20-21)7-18-8-11(12)17/h7-9H,5-6H2,1-4H3,(H,19,22)/t9-/m1/s1. The number of rotatable bonds is 4. The number of nitrogens with one attached hydrogen (secondary N) is 1. The zero-order chi connectivity index (χ0) is 17.2. The third kappa shape index (κ3) is 5.03. The van der Waals surface area contributed by atoms with Crippen molar-refractivity contribution in [3.8, 4) is 0 Å². The summed E-state index contributed by atoms with van der Waals surface area (Å²) in [7, 11) is 0. The lowest BCUT2D eigenvalue weighted by molar-refractivity contribution is 0.0505. The molecule has 0 aliphatic heterocycles. The Bertz CT molecular complexity index is 711. The predicted molar refractivity (Wildman–Crippen MR) is 101 cm³/mol. The summed E-state index contributed by atoms with van der Waals surface area (Å²) >= 11 is 5.72. The van der Waals surface area contributed by atoms with Crippen LogP contribution in [-0.4, -0.2) is 32.5 Å². The minimum absolute atomic E-state index is 0.0117. The number of carbonyl (C=O) groups is 1. The zero-order valence-corrected chi connectivity index (χ0v) is 17.3. The Morgan fingerprint density at radius 2 is 2.17 bits per heavy atom. The molecule has 0 radical (unpaired) electrons. The van der Waals surface area contributed by atoms with E-state index in [9.17, 15) is 4.79 Å². The van der Waals surface area contributed by atoms with E-state index in [0.717, 1.165) is 25.5 Å². The fourth-order valence-electron chi connectivity index (χ4n) is 2.11. The van der Waals surface area contributed by atoms with Crippen LogP contribution in [-0.2, 0) is 11.3 Å². The SMILES string of the molecule is C[C@H](CCn1nc(Br)c2cncc(I)c21)NC(=O)OC(C)(C)C. The van der Waals surface area contributed by atoms with Gasteiger partial charge < -0.3 is 10.1 Å². The van der Waals surface area contributed by atoms with Gasteiger partial charge in [-0.1, -0.05) is 0 Å². The van der Waals surface area contributed by atoms with Crippen LogP contribution in [0.5, 0.6) is 0 Å². The van der Waals surface area contributed by atoms with Crippen molar-refractivity contribution in [2.75, 3.05) is 0 Å². The summed E-state index contributed by atoms with van der Waals surface area (Å²) in [6, 6.07) is -0.0117. The summed E-state index contributed by atoms with van der Waals surface area (Å²) < 4.78 is 9.04. The van der Waals surface area contributed by atoms with Gasteiger partial charge in [0.2, 0.25) is 0 Å². The molecule has 0 spiro atoms. The second kappa shape index (κ2) is 7.33. The minimum atomic E-state index is -0.490. The molecule has 1 amide bonds. The van der Waals surface area contributed by atoms with Crippen LogP contribution in [0.1, 0.15) is 34.1 Å². The van der Waals surface area contributed by atoms with Crippen LogP contribution in [0.2, 0.25) is 0 Å². The first-order valence-corrected chi connectivity index (χ1v) is 9.19. The summed E-state index contributed by atoms with van der Waals surface area (Å²) in [5, 5.41) is 8.34. The van der Waals surface area contributed by atoms with Gasteiger partial charge in [-0.15, -0.1) is 0 Å². The second-order valence-corrected chi connectivity index (χ2v) is 8.28. The van der Waals surface area contributed by atoms with Crippen molar-refractivity contribution in [2.45, 2.75) is 52.3 Å². The molecule has 6 nitrogen and oxygen atoms in total. The number of amides is 1. The van der Waals surface area contributed by atoms with Crippen molar-refractivity contribution in [1.82, 2.24) is 20.1 Å². The van der Waals surface area contributed by atoms with Crippen LogP contribution in [0.3, 0.4) is 0 Å². The van der Waals surface area contributed by atoms with Crippen molar-refractivity contribution in [2.24, 2.45) is 0 Å². The van der Waals surface area contributed by atoms with E-state index in [4.69, 9.17) is 4.74 Å². The van der Waals surface area contributed by atoms with Gasteiger partial charge in [0.15, 0.2) is 0 Å². The normalized spacial score (nSPS) is 13.1. The first-order chi connectivity index (χ1) is 10.7. The summed E-state index contributed by atoms with van der Waals surface area (Å²) in [5.41, 5.74) is 0.563. The molecule has 0 saturated heterocycles. The summed E-state index contributed by atoms with van der Waals surface area (Å²) in [5.74, 6) is 0.